The average molecular weight is 549 g/mol. The molecule has 0 unspecified atom stereocenters. The molecule has 8 nitrogen and oxygen atoms in total. The zero-order valence-electron chi connectivity index (χ0n) is 21.7. The molecule has 5 rings (SSSR count). The van der Waals surface area contributed by atoms with Crippen LogP contribution in [0.25, 0.3) is 52.9 Å². The molecule has 2 aliphatic carbocycles. The molecule has 0 heterocycles. The van der Waals surface area contributed by atoms with Gasteiger partial charge in [0.25, 0.3) is 11.4 Å². The van der Waals surface area contributed by atoms with E-state index in [1.165, 1.54) is 42.5 Å². The van der Waals surface area contributed by atoms with Crippen molar-refractivity contribution >= 4 is 39.2 Å². The lowest BCUT2D eigenvalue weighted by atomic mass is 9.90. The van der Waals surface area contributed by atoms with Crippen LogP contribution >= 0.6 is 0 Å². The highest BCUT2D eigenvalue weighted by Crippen LogP contribution is 2.52. The zero-order valence-corrected chi connectivity index (χ0v) is 21.7. The maximum absolute atomic E-state index is 15.5. The van der Waals surface area contributed by atoms with E-state index in [0.29, 0.717) is 22.3 Å². The summed E-state index contributed by atoms with van der Waals surface area (Å²) in [7, 11) is 0. The quantitative estimate of drug-likeness (QED) is 0.240. The molecular weight excluding hydrogens is 539 g/mol. The van der Waals surface area contributed by atoms with Crippen LogP contribution in [0.15, 0.2) is 66.0 Å². The van der Waals surface area contributed by atoms with Crippen LogP contribution in [0, 0.1) is 77.4 Å². The van der Waals surface area contributed by atoms with E-state index in [9.17, 15) is 21.0 Å². The Hall–Kier alpha value is -7.53. The highest BCUT2D eigenvalue weighted by molar-refractivity contribution is 6.27. The maximum Gasteiger partial charge on any atom is 0.270 e. The molecule has 9 heteroatoms. The van der Waals surface area contributed by atoms with Gasteiger partial charge in [0.2, 0.25) is 5.70 Å². The molecule has 0 saturated heterocycles. The molecule has 0 radical (unpaired) electrons. The van der Waals surface area contributed by atoms with Gasteiger partial charge in [-0.3, -0.25) is 0 Å². The molecule has 0 N–H and O–H groups in total. The SMILES string of the molecule is [C-]#[N+]C1=C(c2cc(F)cc(C3=C(C#N)c4cc([N+]#[C-])ccc4/C3=C(/C#N)[N+]#[C-])c2)/C(=C(/C#N)[N+]#[C-])c2ccc(C#N)cc21. The van der Waals surface area contributed by atoms with Gasteiger partial charge in [-0.25, -0.2) is 34.3 Å². The van der Waals surface area contributed by atoms with Crippen LogP contribution in [0.5, 0.6) is 0 Å². The number of hydrogen-bond donors (Lipinski definition) is 0. The van der Waals surface area contributed by atoms with Crippen molar-refractivity contribution in [2.24, 2.45) is 0 Å². The Bertz CT molecular complexity index is 2130. The van der Waals surface area contributed by atoms with E-state index in [1.807, 2.05) is 18.2 Å². The van der Waals surface area contributed by atoms with E-state index in [1.54, 1.807) is 0 Å². The second-order valence-electron chi connectivity index (χ2n) is 9.03. The number of rotatable bonds is 2. The van der Waals surface area contributed by atoms with E-state index in [4.69, 9.17) is 26.3 Å². The summed E-state index contributed by atoms with van der Waals surface area (Å²) >= 11 is 0. The fourth-order valence-electron chi connectivity index (χ4n) is 5.28. The van der Waals surface area contributed by atoms with Crippen LogP contribution in [0.3, 0.4) is 0 Å². The second kappa shape index (κ2) is 10.6. The molecule has 0 amide bonds. The normalized spacial score (nSPS) is 14.8. The van der Waals surface area contributed by atoms with Gasteiger partial charge in [0.1, 0.15) is 11.9 Å². The smallest absolute Gasteiger partial charge is 0.238 e. The largest absolute Gasteiger partial charge is 0.270 e. The molecule has 3 aromatic rings. The molecule has 0 aliphatic heterocycles. The third-order valence-electron chi connectivity index (χ3n) is 6.94. The summed E-state index contributed by atoms with van der Waals surface area (Å²) in [6, 6.07) is 20.4. The van der Waals surface area contributed by atoms with Gasteiger partial charge in [-0.1, -0.05) is 18.2 Å². The van der Waals surface area contributed by atoms with Gasteiger partial charge < -0.3 is 0 Å². The number of nitriles is 4. The summed E-state index contributed by atoms with van der Waals surface area (Å²) in [6.07, 6.45) is 0. The van der Waals surface area contributed by atoms with Crippen LogP contribution in [0.1, 0.15) is 38.9 Å². The van der Waals surface area contributed by atoms with Gasteiger partial charge in [-0.15, -0.1) is 0 Å². The van der Waals surface area contributed by atoms with Crippen molar-refractivity contribution in [3.63, 3.8) is 0 Å². The van der Waals surface area contributed by atoms with Gasteiger partial charge >= 0.3 is 0 Å². The standard InChI is InChI=1S/C34H9FN8/c1-40-22-6-8-23-25(13-22)27(15-37)30(32(23)28(16-38)41-2)19-10-20(12-21(35)11-19)31-33(29(17-39)42-3)24-7-5-18(14-36)9-26(24)34(31)43-4/h5-13H/b32-28+,33-29-. The molecule has 43 heavy (non-hydrogen) atoms. The predicted octanol–water partition coefficient (Wildman–Crippen LogP) is 7.81. The van der Waals surface area contributed by atoms with Crippen LogP contribution in [0.2, 0.25) is 0 Å². The molecular formula is C34H9FN8. The van der Waals surface area contributed by atoms with Crippen LogP contribution in [0.4, 0.5) is 10.1 Å². The van der Waals surface area contributed by atoms with Crippen molar-refractivity contribution in [1.82, 2.24) is 0 Å². The molecule has 0 atom stereocenters. The Kier molecular flexibility index (Phi) is 6.64. The average Bonchev–Trinajstić information content (AvgIpc) is 3.53. The highest BCUT2D eigenvalue weighted by atomic mass is 19.1. The first-order valence-corrected chi connectivity index (χ1v) is 12.1. The number of nitrogens with zero attached hydrogens (tertiary/aromatic N) is 8. The minimum Gasteiger partial charge on any atom is -0.238 e. The van der Waals surface area contributed by atoms with E-state index < -0.39 is 5.82 Å². The number of benzene rings is 3. The lowest BCUT2D eigenvalue weighted by Gasteiger charge is -2.14. The summed E-state index contributed by atoms with van der Waals surface area (Å²) in [4.78, 5) is 13.7. The minimum absolute atomic E-state index is 0.00409. The summed E-state index contributed by atoms with van der Waals surface area (Å²) in [6.45, 7) is 30.5. The van der Waals surface area contributed by atoms with E-state index in [0.717, 1.165) is 12.1 Å². The fraction of sp³-hybridized carbons (Fsp3) is 0. The Morgan fingerprint density at radius 2 is 1.23 bits per heavy atom. The molecule has 3 aromatic carbocycles. The summed E-state index contributed by atoms with van der Waals surface area (Å²) in [5, 5.41) is 39.3. The molecule has 0 fully saturated rings. The first kappa shape index (κ1) is 27.1. The van der Waals surface area contributed by atoms with Gasteiger partial charge in [-0.05, 0) is 86.5 Å². The van der Waals surface area contributed by atoms with Crippen molar-refractivity contribution in [1.29, 1.82) is 21.0 Å². The number of hydrogen-bond acceptors (Lipinski definition) is 4. The Morgan fingerprint density at radius 1 is 0.628 bits per heavy atom. The van der Waals surface area contributed by atoms with Gasteiger partial charge in [0.05, 0.1) is 55.6 Å². The van der Waals surface area contributed by atoms with Crippen molar-refractivity contribution in [3.8, 4) is 24.3 Å². The fourth-order valence-corrected chi connectivity index (χ4v) is 5.28. The lowest BCUT2D eigenvalue weighted by molar-refractivity contribution is 0.627. The van der Waals surface area contributed by atoms with Crippen LogP contribution < -0.4 is 0 Å². The van der Waals surface area contributed by atoms with Crippen molar-refractivity contribution < 1.29 is 4.39 Å². The first-order valence-electron chi connectivity index (χ1n) is 12.1. The Morgan fingerprint density at radius 3 is 1.79 bits per heavy atom. The number of fused-ring (bicyclic) bond motifs is 2. The van der Waals surface area contributed by atoms with E-state index >= 15 is 4.39 Å². The zero-order chi connectivity index (χ0) is 30.8. The number of halogens is 1. The summed E-state index contributed by atoms with van der Waals surface area (Å²) in [5.74, 6) is -0.790. The Labute approximate surface area is 245 Å². The minimum atomic E-state index is -0.790. The van der Waals surface area contributed by atoms with Crippen LogP contribution in [-0.2, 0) is 0 Å². The first-order chi connectivity index (χ1) is 20.9. The van der Waals surface area contributed by atoms with Gasteiger partial charge in [-0.2, -0.15) is 10.5 Å². The summed E-state index contributed by atoms with van der Waals surface area (Å²) in [5.41, 5.74) is 1.70. The summed E-state index contributed by atoms with van der Waals surface area (Å²) < 4.78 is 15.5. The van der Waals surface area contributed by atoms with Crippen molar-refractivity contribution in [2.75, 3.05) is 0 Å². The Balaban J connectivity index is 1.89. The molecule has 0 spiro atoms. The van der Waals surface area contributed by atoms with Crippen molar-refractivity contribution in [2.45, 2.75) is 0 Å². The maximum atomic E-state index is 15.5. The molecule has 0 saturated carbocycles. The van der Waals surface area contributed by atoms with Crippen LogP contribution in [-0.4, -0.2) is 0 Å². The third-order valence-corrected chi connectivity index (χ3v) is 6.94. The molecule has 2 aliphatic rings. The predicted molar refractivity (Wildman–Crippen MR) is 154 cm³/mol. The molecule has 0 aromatic heterocycles. The second-order valence-corrected chi connectivity index (χ2v) is 9.03. The van der Waals surface area contributed by atoms with Gasteiger partial charge in [0.15, 0.2) is 5.69 Å². The van der Waals surface area contributed by atoms with Crippen molar-refractivity contribution in [3.05, 3.63) is 156 Å². The highest BCUT2D eigenvalue weighted by Gasteiger charge is 2.34. The topological polar surface area (TPSA) is 113 Å². The third kappa shape index (κ3) is 4.07. The lowest BCUT2D eigenvalue weighted by Crippen LogP contribution is -1.96. The van der Waals surface area contributed by atoms with Gasteiger partial charge in [0, 0.05) is 5.57 Å². The molecule has 0 bridgehead atoms. The number of allylic oxidation sites excluding steroid dienone is 7. The molecule has 192 valence electrons. The van der Waals surface area contributed by atoms with E-state index in [2.05, 4.69) is 25.4 Å². The van der Waals surface area contributed by atoms with E-state index in [-0.39, 0.29) is 67.3 Å². The monoisotopic (exact) mass is 548 g/mol.